The maximum Gasteiger partial charge on any atom is 0.338 e. The summed E-state index contributed by atoms with van der Waals surface area (Å²) in [5, 5.41) is 2.72. The smallest absolute Gasteiger partial charge is 0.338 e. The number of esters is 1. The van der Waals surface area contributed by atoms with Crippen molar-refractivity contribution in [2.24, 2.45) is 0 Å². The Morgan fingerprint density at radius 2 is 1.72 bits per heavy atom. The van der Waals surface area contributed by atoms with Gasteiger partial charge >= 0.3 is 5.97 Å². The fourth-order valence-corrected chi connectivity index (χ4v) is 2.20. The maximum atomic E-state index is 12.2. The van der Waals surface area contributed by atoms with Crippen molar-refractivity contribution in [2.45, 2.75) is 33.8 Å². The van der Waals surface area contributed by atoms with Crippen molar-refractivity contribution < 1.29 is 19.1 Å². The summed E-state index contributed by atoms with van der Waals surface area (Å²) in [6.45, 7) is 7.92. The monoisotopic (exact) mass is 341 g/mol. The van der Waals surface area contributed by atoms with E-state index in [-0.39, 0.29) is 5.91 Å². The zero-order chi connectivity index (χ0) is 18.4. The van der Waals surface area contributed by atoms with Crippen molar-refractivity contribution in [2.75, 3.05) is 11.9 Å². The minimum atomic E-state index is -0.902. The molecule has 0 aromatic heterocycles. The molecule has 0 radical (unpaired) electrons. The first-order chi connectivity index (χ1) is 11.9. The Hall–Kier alpha value is -2.82. The zero-order valence-electron chi connectivity index (χ0n) is 15.0. The van der Waals surface area contributed by atoms with Crippen LogP contribution in [0, 0.1) is 13.8 Å². The van der Waals surface area contributed by atoms with E-state index in [9.17, 15) is 9.59 Å². The van der Waals surface area contributed by atoms with Gasteiger partial charge in [0.25, 0.3) is 5.91 Å². The molecule has 5 nitrogen and oxygen atoms in total. The topological polar surface area (TPSA) is 64.6 Å². The van der Waals surface area contributed by atoms with Gasteiger partial charge < -0.3 is 14.8 Å². The number of hydrogen-bond acceptors (Lipinski definition) is 4. The second-order valence-electron chi connectivity index (χ2n) is 5.79. The van der Waals surface area contributed by atoms with E-state index in [0.29, 0.717) is 17.9 Å². The van der Waals surface area contributed by atoms with Crippen molar-refractivity contribution in [3.8, 4) is 5.75 Å². The van der Waals surface area contributed by atoms with E-state index in [4.69, 9.17) is 9.47 Å². The number of carbonyl (C=O) groups excluding carboxylic acids is 2. The molecule has 1 atom stereocenters. The van der Waals surface area contributed by atoms with Gasteiger partial charge in [-0.1, -0.05) is 6.07 Å². The number of amides is 1. The Kier molecular flexibility index (Phi) is 6.17. The van der Waals surface area contributed by atoms with Gasteiger partial charge in [-0.15, -0.1) is 0 Å². The molecule has 2 rings (SSSR count). The molecule has 2 aromatic rings. The summed E-state index contributed by atoms with van der Waals surface area (Å²) in [6, 6.07) is 12.3. The van der Waals surface area contributed by atoms with Gasteiger partial charge in [0.2, 0.25) is 0 Å². The van der Waals surface area contributed by atoms with Crippen LogP contribution in [-0.2, 0) is 9.53 Å². The number of carbonyl (C=O) groups is 2. The second-order valence-corrected chi connectivity index (χ2v) is 5.79. The molecular weight excluding hydrogens is 318 g/mol. The molecule has 0 saturated heterocycles. The summed E-state index contributed by atoms with van der Waals surface area (Å²) in [4.78, 5) is 24.4. The standard InChI is InChI=1S/C20H23NO4/c1-5-24-18-10-8-17(9-11-18)21-19(22)15(4)25-20(23)16-7-6-13(2)14(3)12-16/h6-12,15H,5H2,1-4H3,(H,21,22)/t15-/m1/s1. The minimum absolute atomic E-state index is 0.388. The van der Waals surface area contributed by atoms with Crippen molar-refractivity contribution >= 4 is 17.6 Å². The SMILES string of the molecule is CCOc1ccc(NC(=O)[C@@H](C)OC(=O)c2ccc(C)c(C)c2)cc1. The van der Waals surface area contributed by atoms with Gasteiger partial charge in [-0.05, 0) is 75.2 Å². The van der Waals surface area contributed by atoms with Crippen LogP contribution in [0.2, 0.25) is 0 Å². The van der Waals surface area contributed by atoms with Gasteiger partial charge in [0.05, 0.1) is 12.2 Å². The highest BCUT2D eigenvalue weighted by atomic mass is 16.5. The van der Waals surface area contributed by atoms with Gasteiger partial charge in [0.15, 0.2) is 6.10 Å². The van der Waals surface area contributed by atoms with E-state index < -0.39 is 12.1 Å². The van der Waals surface area contributed by atoms with Crippen molar-refractivity contribution in [1.82, 2.24) is 0 Å². The predicted octanol–water partition coefficient (Wildman–Crippen LogP) is 3.89. The lowest BCUT2D eigenvalue weighted by Crippen LogP contribution is -2.30. The minimum Gasteiger partial charge on any atom is -0.494 e. The third-order valence-corrected chi connectivity index (χ3v) is 3.83. The molecule has 0 unspecified atom stereocenters. The van der Waals surface area contributed by atoms with Crippen LogP contribution in [0.3, 0.4) is 0 Å². The second kappa shape index (κ2) is 8.33. The average Bonchev–Trinajstić information content (AvgIpc) is 2.59. The molecule has 1 amide bonds. The van der Waals surface area contributed by atoms with Crippen LogP contribution in [0.4, 0.5) is 5.69 Å². The van der Waals surface area contributed by atoms with E-state index in [1.807, 2.05) is 26.8 Å². The van der Waals surface area contributed by atoms with Crippen molar-refractivity contribution in [3.63, 3.8) is 0 Å². The van der Waals surface area contributed by atoms with E-state index >= 15 is 0 Å². The van der Waals surface area contributed by atoms with Crippen LogP contribution >= 0.6 is 0 Å². The Bertz CT molecular complexity index is 753. The van der Waals surface area contributed by atoms with Crippen molar-refractivity contribution in [1.29, 1.82) is 0 Å². The summed E-state index contributed by atoms with van der Waals surface area (Å²) in [5.41, 5.74) is 3.14. The van der Waals surface area contributed by atoms with Crippen LogP contribution in [-0.4, -0.2) is 24.6 Å². The summed E-state index contributed by atoms with van der Waals surface area (Å²) >= 11 is 0. The summed E-state index contributed by atoms with van der Waals surface area (Å²) in [7, 11) is 0. The quantitative estimate of drug-likeness (QED) is 0.810. The molecule has 5 heteroatoms. The molecule has 0 aliphatic heterocycles. The number of rotatable bonds is 6. The number of nitrogens with one attached hydrogen (secondary N) is 1. The molecule has 0 fully saturated rings. The Morgan fingerprint density at radius 1 is 1.04 bits per heavy atom. The lowest BCUT2D eigenvalue weighted by molar-refractivity contribution is -0.123. The third kappa shape index (κ3) is 5.08. The molecule has 132 valence electrons. The molecule has 1 N–H and O–H groups in total. The molecule has 0 saturated carbocycles. The van der Waals surface area contributed by atoms with Crippen LogP contribution < -0.4 is 10.1 Å². The lowest BCUT2D eigenvalue weighted by Gasteiger charge is -2.14. The molecule has 2 aromatic carbocycles. The number of aryl methyl sites for hydroxylation is 2. The summed E-state index contributed by atoms with van der Waals surface area (Å²) in [5.74, 6) is -0.173. The Labute approximate surface area is 148 Å². The van der Waals surface area contributed by atoms with Gasteiger partial charge in [-0.25, -0.2) is 4.79 Å². The summed E-state index contributed by atoms with van der Waals surface area (Å²) < 4.78 is 10.6. The molecule has 0 aliphatic carbocycles. The van der Waals surface area contributed by atoms with E-state index in [1.54, 1.807) is 43.3 Å². The lowest BCUT2D eigenvalue weighted by atomic mass is 10.1. The third-order valence-electron chi connectivity index (χ3n) is 3.83. The predicted molar refractivity (Wildman–Crippen MR) is 97.0 cm³/mol. The van der Waals surface area contributed by atoms with Crippen molar-refractivity contribution in [3.05, 3.63) is 59.2 Å². The van der Waals surface area contributed by atoms with Crippen LogP contribution in [0.15, 0.2) is 42.5 Å². The van der Waals surface area contributed by atoms with Crippen LogP contribution in [0.5, 0.6) is 5.75 Å². The molecule has 25 heavy (non-hydrogen) atoms. The molecule has 0 spiro atoms. The molecule has 0 aliphatic rings. The number of hydrogen-bond donors (Lipinski definition) is 1. The fourth-order valence-electron chi connectivity index (χ4n) is 2.20. The zero-order valence-corrected chi connectivity index (χ0v) is 15.0. The normalized spacial score (nSPS) is 11.5. The van der Waals surface area contributed by atoms with Crippen LogP contribution in [0.1, 0.15) is 35.3 Å². The number of benzene rings is 2. The highest BCUT2D eigenvalue weighted by Crippen LogP contribution is 2.16. The molecule has 0 bridgehead atoms. The van der Waals surface area contributed by atoms with Gasteiger partial charge in [0, 0.05) is 5.69 Å². The number of ether oxygens (including phenoxy) is 2. The number of anilines is 1. The highest BCUT2D eigenvalue weighted by Gasteiger charge is 2.19. The fraction of sp³-hybridized carbons (Fsp3) is 0.300. The largest absolute Gasteiger partial charge is 0.494 e. The Balaban J connectivity index is 1.94. The van der Waals surface area contributed by atoms with Gasteiger partial charge in [0.1, 0.15) is 5.75 Å². The van der Waals surface area contributed by atoms with Gasteiger partial charge in [-0.3, -0.25) is 4.79 Å². The van der Waals surface area contributed by atoms with E-state index in [1.165, 1.54) is 0 Å². The first-order valence-corrected chi connectivity index (χ1v) is 8.22. The van der Waals surface area contributed by atoms with E-state index in [2.05, 4.69) is 5.32 Å². The maximum absolute atomic E-state index is 12.2. The first-order valence-electron chi connectivity index (χ1n) is 8.22. The summed E-state index contributed by atoms with van der Waals surface area (Å²) in [6.07, 6.45) is -0.902. The molecular formula is C20H23NO4. The Morgan fingerprint density at radius 3 is 2.32 bits per heavy atom. The van der Waals surface area contributed by atoms with Crippen LogP contribution in [0.25, 0.3) is 0 Å². The first kappa shape index (κ1) is 18.5. The highest BCUT2D eigenvalue weighted by molar-refractivity contribution is 5.97. The molecule has 0 heterocycles. The van der Waals surface area contributed by atoms with Gasteiger partial charge in [-0.2, -0.15) is 0 Å². The average molecular weight is 341 g/mol. The van der Waals surface area contributed by atoms with E-state index in [0.717, 1.165) is 16.9 Å².